The van der Waals surface area contributed by atoms with E-state index in [9.17, 15) is 29.1 Å². The van der Waals surface area contributed by atoms with Gasteiger partial charge in [0.1, 0.15) is 35.1 Å². The molecule has 0 aliphatic carbocycles. The Morgan fingerprint density at radius 2 is 1.54 bits per heavy atom. The molecule has 2 aromatic carbocycles. The van der Waals surface area contributed by atoms with E-state index in [2.05, 4.69) is 16.7 Å². The van der Waals surface area contributed by atoms with Crippen LogP contribution in [0.25, 0.3) is 0 Å². The standard InChI is InChI=1S/C34H44N4O8/c1-9-38(30(42)24(16-18-27(35)40)37-32(44)46-34(6,7)8)28(23-15-17-26(39)21(2)19-23)29(41)36-25(31(43)45-33(3,4)5)20-22-13-11-10-12-14-22/h1,10-15,17,19,24-25,28,39H,16,18,20H2,2-8H3,(H2,35,40)(H,36,41)(H,37,44). The normalized spacial score (nSPS) is 13.3. The summed E-state index contributed by atoms with van der Waals surface area (Å²) in [7, 11) is 0. The number of nitrogens with two attached hydrogens (primary N) is 1. The maximum atomic E-state index is 14.2. The molecular weight excluding hydrogens is 592 g/mol. The number of primary amides is 1. The molecule has 0 aromatic heterocycles. The highest BCUT2D eigenvalue weighted by atomic mass is 16.6. The summed E-state index contributed by atoms with van der Waals surface area (Å²) in [5.41, 5.74) is 4.86. The molecule has 12 heteroatoms. The number of carbonyl (C=O) groups excluding carboxylic acids is 5. The van der Waals surface area contributed by atoms with Gasteiger partial charge in [0.25, 0.3) is 5.91 Å². The summed E-state index contributed by atoms with van der Waals surface area (Å²) in [5.74, 6) is -3.27. The van der Waals surface area contributed by atoms with Gasteiger partial charge in [0.15, 0.2) is 0 Å². The highest BCUT2D eigenvalue weighted by molar-refractivity contribution is 5.95. The van der Waals surface area contributed by atoms with Crippen LogP contribution < -0.4 is 16.4 Å². The molecule has 0 saturated heterocycles. The Hall–Kier alpha value is -5.05. The zero-order valence-corrected chi connectivity index (χ0v) is 27.4. The molecule has 0 heterocycles. The minimum Gasteiger partial charge on any atom is -0.508 e. The van der Waals surface area contributed by atoms with Crippen molar-refractivity contribution < 1.29 is 38.6 Å². The van der Waals surface area contributed by atoms with Crippen LogP contribution in [0.5, 0.6) is 5.75 Å². The Balaban J connectivity index is 2.59. The first-order valence-electron chi connectivity index (χ1n) is 14.7. The van der Waals surface area contributed by atoms with Crippen molar-refractivity contribution in [3.63, 3.8) is 0 Å². The van der Waals surface area contributed by atoms with Crippen molar-refractivity contribution in [1.29, 1.82) is 0 Å². The molecule has 0 fully saturated rings. The Morgan fingerprint density at radius 1 is 0.935 bits per heavy atom. The first-order chi connectivity index (χ1) is 21.3. The highest BCUT2D eigenvalue weighted by Gasteiger charge is 2.38. The van der Waals surface area contributed by atoms with Crippen LogP contribution in [-0.4, -0.2) is 63.1 Å². The van der Waals surface area contributed by atoms with Gasteiger partial charge in [-0.05, 0) is 83.7 Å². The lowest BCUT2D eigenvalue weighted by Gasteiger charge is -2.32. The quantitative estimate of drug-likeness (QED) is 0.156. The van der Waals surface area contributed by atoms with Crippen LogP contribution in [0.3, 0.4) is 0 Å². The lowest BCUT2D eigenvalue weighted by atomic mass is 9.99. The minimum absolute atomic E-state index is 0.0637. The van der Waals surface area contributed by atoms with Gasteiger partial charge in [-0.25, -0.2) is 9.59 Å². The van der Waals surface area contributed by atoms with Crippen molar-refractivity contribution in [3.8, 4) is 18.2 Å². The molecule has 0 saturated carbocycles. The van der Waals surface area contributed by atoms with E-state index >= 15 is 0 Å². The first-order valence-corrected chi connectivity index (χ1v) is 14.7. The summed E-state index contributed by atoms with van der Waals surface area (Å²) in [6, 6.07) is 11.2. The summed E-state index contributed by atoms with van der Waals surface area (Å²) >= 11 is 0. The van der Waals surface area contributed by atoms with Crippen LogP contribution >= 0.6 is 0 Å². The number of esters is 1. The zero-order chi connectivity index (χ0) is 34.8. The van der Waals surface area contributed by atoms with E-state index in [1.807, 2.05) is 6.07 Å². The summed E-state index contributed by atoms with van der Waals surface area (Å²) in [4.78, 5) is 66.5. The average Bonchev–Trinajstić information content (AvgIpc) is 2.93. The third-order valence-electron chi connectivity index (χ3n) is 6.38. The summed E-state index contributed by atoms with van der Waals surface area (Å²) in [6.45, 7) is 11.6. The Morgan fingerprint density at radius 3 is 2.07 bits per heavy atom. The molecule has 3 unspecified atom stereocenters. The van der Waals surface area contributed by atoms with Gasteiger partial charge in [-0.2, -0.15) is 0 Å². The number of hydrogen-bond acceptors (Lipinski definition) is 8. The van der Waals surface area contributed by atoms with E-state index in [0.717, 1.165) is 10.5 Å². The van der Waals surface area contributed by atoms with Crippen molar-refractivity contribution in [1.82, 2.24) is 15.5 Å². The van der Waals surface area contributed by atoms with Gasteiger partial charge >= 0.3 is 12.1 Å². The van der Waals surface area contributed by atoms with Gasteiger partial charge in [-0.3, -0.25) is 19.3 Å². The predicted octanol–water partition coefficient (Wildman–Crippen LogP) is 3.39. The van der Waals surface area contributed by atoms with Crippen LogP contribution in [0.15, 0.2) is 48.5 Å². The van der Waals surface area contributed by atoms with Crippen LogP contribution in [0.4, 0.5) is 4.79 Å². The minimum atomic E-state index is -1.55. The summed E-state index contributed by atoms with van der Waals surface area (Å²) in [5, 5.41) is 15.3. The van der Waals surface area contributed by atoms with Crippen LogP contribution in [0, 0.1) is 19.4 Å². The maximum absolute atomic E-state index is 14.2. The van der Waals surface area contributed by atoms with E-state index in [1.54, 1.807) is 72.7 Å². The number of amides is 4. The van der Waals surface area contributed by atoms with Crippen LogP contribution in [0.1, 0.15) is 77.1 Å². The second-order valence-corrected chi connectivity index (χ2v) is 12.8. The number of rotatable bonds is 12. The van der Waals surface area contributed by atoms with Gasteiger partial charge in [-0.1, -0.05) is 42.8 Å². The number of hydrogen-bond donors (Lipinski definition) is 4. The molecule has 4 amide bonds. The van der Waals surface area contributed by atoms with Gasteiger partial charge in [0.05, 0.1) is 0 Å². The van der Waals surface area contributed by atoms with E-state index in [-0.39, 0.29) is 30.6 Å². The topological polar surface area (TPSA) is 177 Å². The maximum Gasteiger partial charge on any atom is 0.408 e. The van der Waals surface area contributed by atoms with Gasteiger partial charge < -0.3 is 30.9 Å². The summed E-state index contributed by atoms with van der Waals surface area (Å²) in [6.07, 6.45) is 4.41. The van der Waals surface area contributed by atoms with E-state index < -0.39 is 59.1 Å². The number of phenols is 1. The van der Waals surface area contributed by atoms with Crippen molar-refractivity contribution in [2.45, 2.75) is 97.1 Å². The third-order valence-corrected chi connectivity index (χ3v) is 6.38. The molecule has 0 radical (unpaired) electrons. The van der Waals surface area contributed by atoms with Crippen molar-refractivity contribution >= 4 is 29.8 Å². The molecule has 0 bridgehead atoms. The molecule has 5 N–H and O–H groups in total. The predicted molar refractivity (Wildman–Crippen MR) is 171 cm³/mol. The van der Waals surface area contributed by atoms with Crippen molar-refractivity contribution in [3.05, 3.63) is 65.2 Å². The number of alkyl carbamates (subject to hydrolysis) is 1. The second-order valence-electron chi connectivity index (χ2n) is 12.8. The number of aryl methyl sites for hydroxylation is 1. The largest absolute Gasteiger partial charge is 0.508 e. The van der Waals surface area contributed by atoms with E-state index in [0.29, 0.717) is 5.56 Å². The highest BCUT2D eigenvalue weighted by Crippen LogP contribution is 2.27. The number of aromatic hydroxyl groups is 1. The number of benzene rings is 2. The Bertz CT molecular complexity index is 1450. The molecule has 0 aliphatic heterocycles. The number of ether oxygens (including phenoxy) is 2. The molecule has 12 nitrogen and oxygen atoms in total. The number of nitrogens with one attached hydrogen (secondary N) is 2. The van der Waals surface area contributed by atoms with Gasteiger partial charge in [0, 0.05) is 18.9 Å². The van der Waals surface area contributed by atoms with Gasteiger partial charge in [0.2, 0.25) is 11.8 Å². The SMILES string of the molecule is C#CN(C(=O)C(CCC(N)=O)NC(=O)OC(C)(C)C)C(C(=O)NC(Cc1ccccc1)C(=O)OC(C)(C)C)c1ccc(O)c(C)c1. The molecule has 2 rings (SSSR count). The number of terminal acetylenes is 1. The average molecular weight is 637 g/mol. The van der Waals surface area contributed by atoms with Crippen molar-refractivity contribution in [2.24, 2.45) is 5.73 Å². The number of carbonyl (C=O) groups is 5. The fraction of sp³-hybridized carbons (Fsp3) is 0.441. The second kappa shape index (κ2) is 15.8. The molecule has 46 heavy (non-hydrogen) atoms. The lowest BCUT2D eigenvalue weighted by Crippen LogP contribution is -2.53. The van der Waals surface area contributed by atoms with E-state index in [1.165, 1.54) is 18.2 Å². The molecule has 2 aromatic rings. The fourth-order valence-corrected chi connectivity index (χ4v) is 4.36. The smallest absolute Gasteiger partial charge is 0.408 e. The molecule has 0 aliphatic rings. The van der Waals surface area contributed by atoms with Crippen LogP contribution in [-0.2, 0) is 35.1 Å². The monoisotopic (exact) mass is 636 g/mol. The molecule has 248 valence electrons. The molecular formula is C34H44N4O8. The number of nitrogens with zero attached hydrogens (tertiary/aromatic N) is 1. The fourth-order valence-electron chi connectivity index (χ4n) is 4.36. The zero-order valence-electron chi connectivity index (χ0n) is 27.4. The summed E-state index contributed by atoms with van der Waals surface area (Å²) < 4.78 is 10.9. The first kappa shape index (κ1) is 37.1. The number of phenolic OH excluding ortho intramolecular Hbond substituents is 1. The molecule has 3 atom stereocenters. The van der Waals surface area contributed by atoms with E-state index in [4.69, 9.17) is 21.6 Å². The Kier molecular flexibility index (Phi) is 12.8. The van der Waals surface area contributed by atoms with Crippen LogP contribution in [0.2, 0.25) is 0 Å². The third kappa shape index (κ3) is 11.8. The lowest BCUT2D eigenvalue weighted by molar-refractivity contribution is -0.159. The van der Waals surface area contributed by atoms with Crippen molar-refractivity contribution in [2.75, 3.05) is 0 Å². The Labute approximate surface area is 270 Å². The van der Waals surface area contributed by atoms with Gasteiger partial charge in [-0.15, -0.1) is 0 Å². The molecule has 0 spiro atoms.